The molecule has 3 aromatic carbocycles. The minimum atomic E-state index is -0.239. The zero-order valence-corrected chi connectivity index (χ0v) is 12.3. The van der Waals surface area contributed by atoms with E-state index in [4.69, 9.17) is 4.74 Å². The highest BCUT2D eigenvalue weighted by Gasteiger charge is 2.17. The SMILES string of the molecule is CCC(C)OC(=O)c1c2ccccc2cc2ccccc12. The number of hydrogen-bond donors (Lipinski definition) is 0. The van der Waals surface area contributed by atoms with Gasteiger partial charge in [0.2, 0.25) is 0 Å². The molecule has 0 saturated carbocycles. The first-order valence-electron chi connectivity index (χ1n) is 7.32. The van der Waals surface area contributed by atoms with Crippen molar-refractivity contribution in [1.82, 2.24) is 0 Å². The van der Waals surface area contributed by atoms with E-state index >= 15 is 0 Å². The second-order valence-corrected chi connectivity index (χ2v) is 5.32. The number of fused-ring (bicyclic) bond motifs is 2. The third-order valence-electron chi connectivity index (χ3n) is 3.86. The molecule has 2 nitrogen and oxygen atoms in total. The lowest BCUT2D eigenvalue weighted by atomic mass is 9.97. The zero-order valence-electron chi connectivity index (χ0n) is 12.3. The second-order valence-electron chi connectivity index (χ2n) is 5.32. The molecule has 0 N–H and O–H groups in total. The van der Waals surface area contributed by atoms with Gasteiger partial charge in [0.15, 0.2) is 0 Å². The van der Waals surface area contributed by atoms with Gasteiger partial charge in [-0.1, -0.05) is 55.5 Å². The molecule has 0 heterocycles. The highest BCUT2D eigenvalue weighted by atomic mass is 16.5. The number of benzene rings is 3. The Kier molecular flexibility index (Phi) is 3.61. The summed E-state index contributed by atoms with van der Waals surface area (Å²) in [5.41, 5.74) is 0.670. The molecule has 0 aliphatic rings. The Morgan fingerprint density at radius 3 is 2.05 bits per heavy atom. The summed E-state index contributed by atoms with van der Waals surface area (Å²) in [6.45, 7) is 3.93. The number of hydrogen-bond acceptors (Lipinski definition) is 2. The van der Waals surface area contributed by atoms with Gasteiger partial charge in [-0.25, -0.2) is 4.79 Å². The van der Waals surface area contributed by atoms with Crippen molar-refractivity contribution in [1.29, 1.82) is 0 Å². The van der Waals surface area contributed by atoms with E-state index in [9.17, 15) is 4.79 Å². The van der Waals surface area contributed by atoms with Crippen LogP contribution in [0.4, 0.5) is 0 Å². The Morgan fingerprint density at radius 2 is 1.52 bits per heavy atom. The maximum absolute atomic E-state index is 12.6. The minimum absolute atomic E-state index is 0.0739. The third kappa shape index (κ3) is 2.49. The van der Waals surface area contributed by atoms with Crippen LogP contribution < -0.4 is 0 Å². The van der Waals surface area contributed by atoms with Gasteiger partial charge in [-0.3, -0.25) is 0 Å². The molecule has 0 spiro atoms. The van der Waals surface area contributed by atoms with E-state index in [-0.39, 0.29) is 12.1 Å². The molecular formula is C19H18O2. The summed E-state index contributed by atoms with van der Waals surface area (Å²) in [6.07, 6.45) is 0.740. The summed E-state index contributed by atoms with van der Waals surface area (Å²) in [5.74, 6) is -0.239. The topological polar surface area (TPSA) is 26.3 Å². The lowest BCUT2D eigenvalue weighted by Gasteiger charge is -2.14. The fourth-order valence-electron chi connectivity index (χ4n) is 2.56. The molecule has 0 amide bonds. The van der Waals surface area contributed by atoms with Crippen LogP contribution in [-0.2, 0) is 4.74 Å². The molecule has 2 heteroatoms. The van der Waals surface area contributed by atoms with Crippen molar-refractivity contribution in [2.75, 3.05) is 0 Å². The summed E-state index contributed by atoms with van der Waals surface area (Å²) in [4.78, 5) is 12.6. The highest BCUT2D eigenvalue weighted by molar-refractivity contribution is 6.16. The maximum Gasteiger partial charge on any atom is 0.339 e. The molecule has 0 aromatic heterocycles. The van der Waals surface area contributed by atoms with Crippen molar-refractivity contribution in [3.05, 3.63) is 60.2 Å². The number of carbonyl (C=O) groups is 1. The van der Waals surface area contributed by atoms with Gasteiger partial charge in [-0.05, 0) is 41.0 Å². The van der Waals surface area contributed by atoms with Crippen molar-refractivity contribution < 1.29 is 9.53 Å². The highest BCUT2D eigenvalue weighted by Crippen LogP contribution is 2.29. The molecule has 0 saturated heterocycles. The summed E-state index contributed by atoms with van der Waals surface area (Å²) >= 11 is 0. The minimum Gasteiger partial charge on any atom is -0.459 e. The van der Waals surface area contributed by atoms with Crippen LogP contribution in [0, 0.1) is 0 Å². The Balaban J connectivity index is 2.27. The van der Waals surface area contributed by atoms with Crippen LogP contribution in [0.5, 0.6) is 0 Å². The molecule has 0 aliphatic carbocycles. The van der Waals surface area contributed by atoms with Crippen molar-refractivity contribution in [3.8, 4) is 0 Å². The molecule has 106 valence electrons. The quantitative estimate of drug-likeness (QED) is 0.500. The Hall–Kier alpha value is -2.35. The van der Waals surface area contributed by atoms with Crippen molar-refractivity contribution in [2.24, 2.45) is 0 Å². The molecule has 0 aliphatic heterocycles. The number of carbonyl (C=O) groups excluding carboxylic acids is 1. The molecule has 3 rings (SSSR count). The number of esters is 1. The molecule has 1 atom stereocenters. The molecule has 3 aromatic rings. The molecule has 0 fully saturated rings. The summed E-state index contributed by atoms with van der Waals surface area (Å²) in [7, 11) is 0. The fraction of sp³-hybridized carbons (Fsp3) is 0.211. The largest absolute Gasteiger partial charge is 0.459 e. The van der Waals surface area contributed by atoms with Gasteiger partial charge >= 0.3 is 5.97 Å². The van der Waals surface area contributed by atoms with Crippen LogP contribution in [0.1, 0.15) is 30.6 Å². The van der Waals surface area contributed by atoms with Crippen LogP contribution in [-0.4, -0.2) is 12.1 Å². The van der Waals surface area contributed by atoms with Crippen molar-refractivity contribution in [3.63, 3.8) is 0 Å². The normalized spacial score (nSPS) is 12.5. The van der Waals surface area contributed by atoms with Crippen molar-refractivity contribution >= 4 is 27.5 Å². The molecule has 0 bridgehead atoms. The lowest BCUT2D eigenvalue weighted by molar-refractivity contribution is 0.0339. The first-order valence-corrected chi connectivity index (χ1v) is 7.32. The monoisotopic (exact) mass is 278 g/mol. The van der Waals surface area contributed by atoms with Gasteiger partial charge in [-0.15, -0.1) is 0 Å². The Bertz CT molecular complexity index is 751. The van der Waals surface area contributed by atoms with E-state index in [0.717, 1.165) is 28.0 Å². The molecule has 1 unspecified atom stereocenters. The van der Waals surface area contributed by atoms with Gasteiger partial charge in [-0.2, -0.15) is 0 Å². The summed E-state index contributed by atoms with van der Waals surface area (Å²) in [5, 5.41) is 4.02. The second kappa shape index (κ2) is 5.57. The molecule has 21 heavy (non-hydrogen) atoms. The zero-order chi connectivity index (χ0) is 14.8. The fourth-order valence-corrected chi connectivity index (χ4v) is 2.56. The van der Waals surface area contributed by atoms with Gasteiger partial charge in [0.25, 0.3) is 0 Å². The molecular weight excluding hydrogens is 260 g/mol. The van der Waals surface area contributed by atoms with E-state index in [2.05, 4.69) is 6.07 Å². The average molecular weight is 278 g/mol. The van der Waals surface area contributed by atoms with Crippen LogP contribution >= 0.6 is 0 Å². The number of ether oxygens (including phenoxy) is 1. The van der Waals surface area contributed by atoms with Crippen LogP contribution in [0.3, 0.4) is 0 Å². The van der Waals surface area contributed by atoms with Gasteiger partial charge in [0, 0.05) is 0 Å². The van der Waals surface area contributed by atoms with E-state index < -0.39 is 0 Å². The lowest BCUT2D eigenvalue weighted by Crippen LogP contribution is -2.14. The summed E-state index contributed by atoms with van der Waals surface area (Å²) < 4.78 is 5.56. The van der Waals surface area contributed by atoms with E-state index in [1.165, 1.54) is 0 Å². The summed E-state index contributed by atoms with van der Waals surface area (Å²) in [6, 6.07) is 18.0. The Labute approximate surface area is 124 Å². The first-order chi connectivity index (χ1) is 10.2. The molecule has 0 radical (unpaired) electrons. The number of rotatable bonds is 3. The van der Waals surface area contributed by atoms with E-state index in [1.807, 2.05) is 62.4 Å². The van der Waals surface area contributed by atoms with Crippen LogP contribution in [0.25, 0.3) is 21.5 Å². The third-order valence-corrected chi connectivity index (χ3v) is 3.86. The first kappa shape index (κ1) is 13.6. The predicted octanol–water partition coefficient (Wildman–Crippen LogP) is 4.95. The van der Waals surface area contributed by atoms with Crippen molar-refractivity contribution in [2.45, 2.75) is 26.4 Å². The van der Waals surface area contributed by atoms with E-state index in [0.29, 0.717) is 5.56 Å². The predicted molar refractivity (Wildman–Crippen MR) is 86.6 cm³/mol. The standard InChI is InChI=1S/C19H18O2/c1-3-13(2)21-19(20)18-16-10-6-4-8-14(16)12-15-9-5-7-11-17(15)18/h4-13H,3H2,1-2H3. The van der Waals surface area contributed by atoms with Gasteiger partial charge < -0.3 is 4.74 Å². The van der Waals surface area contributed by atoms with Crippen LogP contribution in [0.2, 0.25) is 0 Å². The van der Waals surface area contributed by atoms with Gasteiger partial charge in [0.1, 0.15) is 0 Å². The average Bonchev–Trinajstić information content (AvgIpc) is 2.52. The van der Waals surface area contributed by atoms with Gasteiger partial charge in [0.05, 0.1) is 11.7 Å². The Morgan fingerprint density at radius 1 is 1.00 bits per heavy atom. The maximum atomic E-state index is 12.6. The van der Waals surface area contributed by atoms with E-state index in [1.54, 1.807) is 0 Å². The smallest absolute Gasteiger partial charge is 0.339 e. The van der Waals surface area contributed by atoms with Crippen LogP contribution in [0.15, 0.2) is 54.6 Å².